The van der Waals surface area contributed by atoms with Crippen LogP contribution in [-0.2, 0) is 6.42 Å². The summed E-state index contributed by atoms with van der Waals surface area (Å²) in [5.74, 6) is -0.437. The van der Waals surface area contributed by atoms with E-state index in [0.29, 0.717) is 24.1 Å². The van der Waals surface area contributed by atoms with Crippen molar-refractivity contribution in [2.75, 3.05) is 24.3 Å². The number of pyridine rings is 1. The van der Waals surface area contributed by atoms with Crippen LogP contribution >= 0.6 is 0 Å². The Hall–Kier alpha value is -4.71. The van der Waals surface area contributed by atoms with Gasteiger partial charge in [-0.1, -0.05) is 13.0 Å². The lowest BCUT2D eigenvalue weighted by atomic mass is 10.00. The minimum absolute atomic E-state index is 0.0299. The second-order valence-corrected chi connectivity index (χ2v) is 8.49. The van der Waals surface area contributed by atoms with E-state index >= 15 is 4.39 Å². The Balaban J connectivity index is 1.84. The Labute approximate surface area is 217 Å². The van der Waals surface area contributed by atoms with Gasteiger partial charge in [-0.15, -0.1) is 5.10 Å². The van der Waals surface area contributed by atoms with E-state index in [1.54, 1.807) is 48.5 Å². The first-order valence-corrected chi connectivity index (χ1v) is 12.0. The lowest BCUT2D eigenvalue weighted by Crippen LogP contribution is -2.18. The van der Waals surface area contributed by atoms with Crippen molar-refractivity contribution in [3.8, 4) is 11.6 Å². The third-order valence-electron chi connectivity index (χ3n) is 5.84. The van der Waals surface area contributed by atoms with Crippen LogP contribution in [0, 0.1) is 11.2 Å². The third kappa shape index (κ3) is 5.65. The number of aromatic nitrogens is 4. The molecule has 0 bridgehead atoms. The largest absolute Gasteiger partial charge is 0.490 e. The van der Waals surface area contributed by atoms with E-state index in [4.69, 9.17) is 26.7 Å². The standard InChI is InChI=1S/C26H29FN8O3/c1-2-15-13-18(21(27)20(14-15)38-12-4-11-36)22(32-17-8-6-16(7-9-17)23(29)30)24-33-26(37)35(34-24)25-19(28)5-3-10-31-25/h3,5-10,13-14,22,32,36H,2,4,11-12,28H2,1H3,(H3,29,30)(H,33,34,37)/t22-/m0/s1. The van der Waals surface area contributed by atoms with Crippen LogP contribution in [0.3, 0.4) is 0 Å². The molecule has 0 radical (unpaired) electrons. The summed E-state index contributed by atoms with van der Waals surface area (Å²) in [5, 5.41) is 24.4. The highest BCUT2D eigenvalue weighted by atomic mass is 19.1. The van der Waals surface area contributed by atoms with Crippen LogP contribution in [0.1, 0.15) is 41.9 Å². The van der Waals surface area contributed by atoms with Gasteiger partial charge in [-0.2, -0.15) is 4.68 Å². The zero-order valence-corrected chi connectivity index (χ0v) is 20.7. The zero-order valence-electron chi connectivity index (χ0n) is 20.7. The number of hydrogen-bond acceptors (Lipinski definition) is 8. The van der Waals surface area contributed by atoms with Gasteiger partial charge in [-0.25, -0.2) is 14.2 Å². The highest BCUT2D eigenvalue weighted by Crippen LogP contribution is 2.33. The topological polar surface area (TPSA) is 181 Å². The number of amidine groups is 1. The molecule has 0 aliphatic rings. The van der Waals surface area contributed by atoms with E-state index in [1.807, 2.05) is 6.92 Å². The average Bonchev–Trinajstić information content (AvgIpc) is 3.30. The predicted molar refractivity (Wildman–Crippen MR) is 142 cm³/mol. The molecule has 0 fully saturated rings. The third-order valence-corrected chi connectivity index (χ3v) is 5.84. The van der Waals surface area contributed by atoms with Gasteiger partial charge in [0.15, 0.2) is 23.2 Å². The molecule has 2 heterocycles. The molecule has 4 aromatic rings. The number of aryl methyl sites for hydroxylation is 1. The van der Waals surface area contributed by atoms with Gasteiger partial charge in [0.2, 0.25) is 0 Å². The highest BCUT2D eigenvalue weighted by molar-refractivity contribution is 5.95. The van der Waals surface area contributed by atoms with E-state index < -0.39 is 17.5 Å². The van der Waals surface area contributed by atoms with Crippen molar-refractivity contribution in [3.63, 3.8) is 0 Å². The summed E-state index contributed by atoms with van der Waals surface area (Å²) in [6.07, 6.45) is 2.43. The molecular weight excluding hydrogens is 491 g/mol. The van der Waals surface area contributed by atoms with Gasteiger partial charge in [0.05, 0.1) is 12.3 Å². The first-order chi connectivity index (χ1) is 18.3. The van der Waals surface area contributed by atoms with Crippen LogP contribution in [0.2, 0.25) is 0 Å². The van der Waals surface area contributed by atoms with Crippen LogP contribution in [0.4, 0.5) is 15.8 Å². The van der Waals surface area contributed by atoms with Crippen molar-refractivity contribution < 1.29 is 14.2 Å². The second-order valence-electron chi connectivity index (χ2n) is 8.49. The Bertz CT molecular complexity index is 1480. The molecule has 11 nitrogen and oxygen atoms in total. The molecule has 12 heteroatoms. The van der Waals surface area contributed by atoms with Gasteiger partial charge in [-0.3, -0.25) is 10.4 Å². The van der Waals surface area contributed by atoms with Crippen LogP contribution in [0.15, 0.2) is 59.5 Å². The van der Waals surface area contributed by atoms with Gasteiger partial charge in [0, 0.05) is 36.0 Å². The summed E-state index contributed by atoms with van der Waals surface area (Å²) in [7, 11) is 0. The zero-order chi connectivity index (χ0) is 27.2. The smallest absolute Gasteiger partial charge is 0.349 e. The monoisotopic (exact) mass is 520 g/mol. The van der Waals surface area contributed by atoms with Gasteiger partial charge in [-0.05, 0) is 54.4 Å². The van der Waals surface area contributed by atoms with E-state index in [9.17, 15) is 4.79 Å². The maximum Gasteiger partial charge on any atom is 0.349 e. The number of rotatable bonds is 11. The van der Waals surface area contributed by atoms with E-state index in [0.717, 1.165) is 10.2 Å². The van der Waals surface area contributed by atoms with E-state index in [1.165, 1.54) is 6.20 Å². The molecule has 0 spiro atoms. The fourth-order valence-electron chi connectivity index (χ4n) is 3.85. The fourth-order valence-corrected chi connectivity index (χ4v) is 3.85. The second kappa shape index (κ2) is 11.6. The van der Waals surface area contributed by atoms with Gasteiger partial charge in [0.25, 0.3) is 0 Å². The lowest BCUT2D eigenvalue weighted by molar-refractivity contribution is 0.228. The summed E-state index contributed by atoms with van der Waals surface area (Å²) in [4.78, 5) is 19.7. The van der Waals surface area contributed by atoms with E-state index in [2.05, 4.69) is 20.4 Å². The molecule has 198 valence electrons. The van der Waals surface area contributed by atoms with Crippen LogP contribution in [0.25, 0.3) is 5.82 Å². The van der Waals surface area contributed by atoms with Crippen molar-refractivity contribution in [3.05, 3.63) is 93.5 Å². The highest BCUT2D eigenvalue weighted by Gasteiger charge is 2.26. The van der Waals surface area contributed by atoms with Crippen LogP contribution < -0.4 is 27.2 Å². The summed E-state index contributed by atoms with van der Waals surface area (Å²) in [6.45, 7) is 1.98. The van der Waals surface area contributed by atoms with Crippen molar-refractivity contribution in [2.45, 2.75) is 25.8 Å². The molecule has 38 heavy (non-hydrogen) atoms. The summed E-state index contributed by atoms with van der Waals surface area (Å²) in [6, 6.07) is 12.3. The number of aliphatic hydroxyl groups is 1. The number of nitrogens with one attached hydrogen (secondary N) is 3. The molecule has 1 atom stereocenters. The summed E-state index contributed by atoms with van der Waals surface area (Å²) < 4.78 is 22.5. The number of halogens is 1. The maximum atomic E-state index is 15.9. The molecule has 4 rings (SSSR count). The fraction of sp³-hybridized carbons (Fsp3) is 0.231. The molecule has 0 amide bonds. The number of nitrogen functional groups attached to an aromatic ring is 2. The number of anilines is 2. The molecule has 0 unspecified atom stereocenters. The van der Waals surface area contributed by atoms with Crippen molar-refractivity contribution >= 4 is 17.2 Å². The number of aliphatic hydroxyl groups excluding tert-OH is 1. The van der Waals surface area contributed by atoms with Crippen LogP contribution in [0.5, 0.6) is 5.75 Å². The van der Waals surface area contributed by atoms with Gasteiger partial charge >= 0.3 is 5.69 Å². The summed E-state index contributed by atoms with van der Waals surface area (Å²) >= 11 is 0. The first-order valence-electron chi connectivity index (χ1n) is 12.0. The quantitative estimate of drug-likeness (QED) is 0.0991. The molecule has 0 saturated carbocycles. The molecule has 0 aliphatic carbocycles. The Kier molecular flexibility index (Phi) is 8.02. The number of hydrogen-bond donors (Lipinski definition) is 6. The number of nitrogens with zero attached hydrogens (tertiary/aromatic N) is 3. The number of nitrogens with two attached hydrogens (primary N) is 2. The van der Waals surface area contributed by atoms with Crippen molar-refractivity contribution in [1.29, 1.82) is 5.41 Å². The number of ether oxygens (including phenoxy) is 1. The Morgan fingerprint density at radius 2 is 2.05 bits per heavy atom. The predicted octanol–water partition coefficient (Wildman–Crippen LogP) is 2.49. The maximum absolute atomic E-state index is 15.9. The Morgan fingerprint density at radius 1 is 1.29 bits per heavy atom. The van der Waals surface area contributed by atoms with Gasteiger partial charge < -0.3 is 26.6 Å². The van der Waals surface area contributed by atoms with Crippen molar-refractivity contribution in [1.82, 2.24) is 19.7 Å². The minimum Gasteiger partial charge on any atom is -0.490 e. The first kappa shape index (κ1) is 26.4. The van der Waals surface area contributed by atoms with E-state index in [-0.39, 0.29) is 47.7 Å². The van der Waals surface area contributed by atoms with Gasteiger partial charge in [0.1, 0.15) is 11.9 Å². The van der Waals surface area contributed by atoms with Crippen LogP contribution in [-0.4, -0.2) is 43.9 Å². The van der Waals surface area contributed by atoms with Crippen molar-refractivity contribution in [2.24, 2.45) is 5.73 Å². The average molecular weight is 521 g/mol. The lowest BCUT2D eigenvalue weighted by Gasteiger charge is -2.21. The summed E-state index contributed by atoms with van der Waals surface area (Å²) in [5.41, 5.74) is 13.3. The minimum atomic E-state index is -0.955. The normalized spacial score (nSPS) is 11.8. The molecule has 0 aliphatic heterocycles. The number of H-pyrrole nitrogens is 1. The SMILES string of the molecule is CCc1cc(OCCCO)c(F)c([C@H](Nc2ccc(C(=N)N)cc2)c2nn(-c3ncccc3N)c(=O)[nH]2)c1. The molecule has 0 saturated heterocycles. The number of aromatic amines is 1. The molecule has 8 N–H and O–H groups in total. The molecular formula is C26H29FN8O3. The Morgan fingerprint density at radius 3 is 2.71 bits per heavy atom. The molecule has 2 aromatic heterocycles. The number of benzene rings is 2. The molecule has 2 aromatic carbocycles.